The lowest BCUT2D eigenvalue weighted by Crippen LogP contribution is -2.63. The topological polar surface area (TPSA) is 86.2 Å². The Morgan fingerprint density at radius 2 is 2.00 bits per heavy atom. The van der Waals surface area contributed by atoms with Crippen molar-refractivity contribution in [3.63, 3.8) is 0 Å². The smallest absolute Gasteiger partial charge is 0.217 e. The van der Waals surface area contributed by atoms with Crippen LogP contribution in [0.2, 0.25) is 0 Å². The average Bonchev–Trinajstić information content (AvgIpc) is 2.64. The number of aliphatic hydroxyl groups excluding tert-OH is 1. The Morgan fingerprint density at radius 1 is 1.37 bits per heavy atom. The summed E-state index contributed by atoms with van der Waals surface area (Å²) in [6, 6.07) is -0.475. The Morgan fingerprint density at radius 3 is 2.53 bits per heavy atom. The van der Waals surface area contributed by atoms with E-state index in [4.69, 9.17) is 18.9 Å². The summed E-state index contributed by atoms with van der Waals surface area (Å²) in [5, 5.41) is 12.1. The van der Waals surface area contributed by atoms with Crippen LogP contribution in [0.5, 0.6) is 0 Å². The number of aliphatic hydroxyl groups is 1. The van der Waals surface area contributed by atoms with Crippen molar-refractivity contribution < 1.29 is 28.8 Å². The van der Waals surface area contributed by atoms with Gasteiger partial charge in [0.05, 0.1) is 6.61 Å². The van der Waals surface area contributed by atoms with E-state index in [1.807, 2.05) is 0 Å². The first-order chi connectivity index (χ1) is 8.88. The molecular weight excluding hydrogens is 254 g/mol. The van der Waals surface area contributed by atoms with Crippen LogP contribution < -0.4 is 5.32 Å². The van der Waals surface area contributed by atoms with Gasteiger partial charge in [-0.3, -0.25) is 4.79 Å². The summed E-state index contributed by atoms with van der Waals surface area (Å²) in [6.07, 6.45) is -2.08. The summed E-state index contributed by atoms with van der Waals surface area (Å²) in [4.78, 5) is 11.3. The number of carbonyl (C=O) groups excluding carboxylic acids is 1. The largest absolute Gasteiger partial charge is 0.394 e. The molecule has 5 atom stereocenters. The second-order valence-corrected chi connectivity index (χ2v) is 5.25. The van der Waals surface area contributed by atoms with Gasteiger partial charge < -0.3 is 29.4 Å². The van der Waals surface area contributed by atoms with Crippen LogP contribution >= 0.6 is 0 Å². The van der Waals surface area contributed by atoms with E-state index in [0.29, 0.717) is 0 Å². The molecule has 0 radical (unpaired) electrons. The van der Waals surface area contributed by atoms with Gasteiger partial charge in [-0.25, -0.2) is 0 Å². The van der Waals surface area contributed by atoms with Gasteiger partial charge in [-0.15, -0.1) is 0 Å². The van der Waals surface area contributed by atoms with E-state index < -0.39 is 36.4 Å². The SMILES string of the molecule is CO[C@H]1O[C@H](CO)[C@@H]2OC(C)(C)O[C@@H]2[C@H]1NC(C)=O. The molecular formula is C12H21NO6. The van der Waals surface area contributed by atoms with E-state index in [9.17, 15) is 9.90 Å². The van der Waals surface area contributed by atoms with Crippen molar-refractivity contribution in [2.75, 3.05) is 13.7 Å². The lowest BCUT2D eigenvalue weighted by molar-refractivity contribution is -0.242. The first-order valence-electron chi connectivity index (χ1n) is 6.30. The number of ether oxygens (including phenoxy) is 4. The zero-order valence-electron chi connectivity index (χ0n) is 11.6. The highest BCUT2D eigenvalue weighted by atomic mass is 16.8. The number of nitrogens with one attached hydrogen (secondary N) is 1. The predicted octanol–water partition coefficient (Wildman–Crippen LogP) is -0.625. The minimum atomic E-state index is -0.786. The van der Waals surface area contributed by atoms with E-state index in [1.54, 1.807) is 13.8 Å². The molecule has 0 spiro atoms. The highest BCUT2D eigenvalue weighted by Crippen LogP contribution is 2.37. The van der Waals surface area contributed by atoms with Crippen molar-refractivity contribution in [3.8, 4) is 0 Å². The fourth-order valence-electron chi connectivity index (χ4n) is 2.61. The van der Waals surface area contributed by atoms with E-state index in [1.165, 1.54) is 14.0 Å². The first kappa shape index (κ1) is 14.7. The van der Waals surface area contributed by atoms with E-state index >= 15 is 0 Å². The minimum absolute atomic E-state index is 0.201. The second-order valence-electron chi connectivity index (χ2n) is 5.25. The van der Waals surface area contributed by atoms with Gasteiger partial charge >= 0.3 is 0 Å². The molecule has 19 heavy (non-hydrogen) atoms. The molecule has 0 saturated carbocycles. The van der Waals surface area contributed by atoms with E-state index in [-0.39, 0.29) is 12.5 Å². The van der Waals surface area contributed by atoms with Crippen molar-refractivity contribution in [1.29, 1.82) is 0 Å². The molecule has 0 aromatic heterocycles. The number of hydrogen-bond acceptors (Lipinski definition) is 6. The van der Waals surface area contributed by atoms with Crippen molar-refractivity contribution >= 4 is 5.91 Å². The third kappa shape index (κ3) is 2.90. The van der Waals surface area contributed by atoms with Gasteiger partial charge in [0.25, 0.3) is 0 Å². The molecule has 2 heterocycles. The standard InChI is InChI=1S/C12H21NO6/c1-6(15)13-8-10-9(18-12(2,3)19-10)7(5-14)17-11(8)16-4/h7-11,14H,5H2,1-4H3,(H,13,15)/t7-,8-,9+,10-,11+/m1/s1. The van der Waals surface area contributed by atoms with E-state index in [2.05, 4.69) is 5.32 Å². The van der Waals surface area contributed by atoms with Gasteiger partial charge in [-0.2, -0.15) is 0 Å². The molecule has 110 valence electrons. The molecule has 0 bridgehead atoms. The zero-order valence-corrected chi connectivity index (χ0v) is 11.6. The Labute approximate surface area is 112 Å². The minimum Gasteiger partial charge on any atom is -0.394 e. The third-order valence-corrected chi connectivity index (χ3v) is 3.27. The van der Waals surface area contributed by atoms with Crippen molar-refractivity contribution in [2.24, 2.45) is 0 Å². The quantitative estimate of drug-likeness (QED) is 0.713. The van der Waals surface area contributed by atoms with Gasteiger partial charge in [-0.05, 0) is 13.8 Å². The summed E-state index contributed by atoms with van der Waals surface area (Å²) in [6.45, 7) is 4.78. The molecule has 0 aromatic carbocycles. The highest BCUT2D eigenvalue weighted by Gasteiger charge is 2.55. The molecule has 7 heteroatoms. The van der Waals surface area contributed by atoms with Crippen LogP contribution in [0.25, 0.3) is 0 Å². The summed E-state index contributed by atoms with van der Waals surface area (Å²) >= 11 is 0. The second kappa shape index (κ2) is 5.34. The summed E-state index contributed by atoms with van der Waals surface area (Å²) in [5.41, 5.74) is 0. The molecule has 0 aromatic rings. The average molecular weight is 275 g/mol. The lowest BCUT2D eigenvalue weighted by Gasteiger charge is -2.41. The maximum Gasteiger partial charge on any atom is 0.217 e. The maximum atomic E-state index is 11.3. The maximum absolute atomic E-state index is 11.3. The van der Waals surface area contributed by atoms with Crippen LogP contribution in [-0.4, -0.2) is 61.2 Å². The molecule has 2 N–H and O–H groups in total. The lowest BCUT2D eigenvalue weighted by atomic mass is 9.97. The first-order valence-corrected chi connectivity index (χ1v) is 6.30. The van der Waals surface area contributed by atoms with Gasteiger partial charge in [0.1, 0.15) is 24.4 Å². The number of fused-ring (bicyclic) bond motifs is 1. The Bertz CT molecular complexity index is 347. The number of amides is 1. The van der Waals surface area contributed by atoms with Crippen LogP contribution in [0.15, 0.2) is 0 Å². The van der Waals surface area contributed by atoms with E-state index in [0.717, 1.165) is 0 Å². The normalized spacial score (nSPS) is 40.8. The van der Waals surface area contributed by atoms with Crippen LogP contribution in [0.4, 0.5) is 0 Å². The molecule has 0 aliphatic carbocycles. The fraction of sp³-hybridized carbons (Fsp3) is 0.917. The van der Waals surface area contributed by atoms with Crippen molar-refractivity contribution in [1.82, 2.24) is 5.32 Å². The monoisotopic (exact) mass is 275 g/mol. The molecule has 2 aliphatic rings. The van der Waals surface area contributed by atoms with Crippen LogP contribution in [0.1, 0.15) is 20.8 Å². The zero-order chi connectivity index (χ0) is 14.2. The molecule has 2 rings (SSSR count). The Kier molecular flexibility index (Phi) is 4.12. The molecule has 2 fully saturated rings. The van der Waals surface area contributed by atoms with Crippen molar-refractivity contribution in [2.45, 2.75) is 57.2 Å². The third-order valence-electron chi connectivity index (χ3n) is 3.27. The molecule has 2 saturated heterocycles. The van der Waals surface area contributed by atoms with Crippen LogP contribution in [0, 0.1) is 0 Å². The van der Waals surface area contributed by atoms with Gasteiger partial charge in [0.2, 0.25) is 5.91 Å². The number of rotatable bonds is 3. The van der Waals surface area contributed by atoms with Gasteiger partial charge in [-0.1, -0.05) is 0 Å². The fourth-order valence-corrected chi connectivity index (χ4v) is 2.61. The van der Waals surface area contributed by atoms with Crippen LogP contribution in [-0.2, 0) is 23.7 Å². The Balaban J connectivity index is 2.23. The summed E-state index contributed by atoms with van der Waals surface area (Å²) < 4.78 is 22.4. The van der Waals surface area contributed by atoms with Gasteiger partial charge in [0, 0.05) is 14.0 Å². The molecule has 0 unspecified atom stereocenters. The summed E-state index contributed by atoms with van der Waals surface area (Å²) in [7, 11) is 1.48. The Hall–Kier alpha value is -0.730. The van der Waals surface area contributed by atoms with Crippen LogP contribution in [0.3, 0.4) is 0 Å². The predicted molar refractivity (Wildman–Crippen MR) is 64.2 cm³/mol. The van der Waals surface area contributed by atoms with Gasteiger partial charge in [0.15, 0.2) is 12.1 Å². The summed E-state index contributed by atoms with van der Waals surface area (Å²) in [5.74, 6) is -0.990. The highest BCUT2D eigenvalue weighted by molar-refractivity contribution is 5.73. The number of carbonyl (C=O) groups is 1. The molecule has 1 amide bonds. The van der Waals surface area contributed by atoms with Crippen molar-refractivity contribution in [3.05, 3.63) is 0 Å². The number of hydrogen-bond donors (Lipinski definition) is 2. The molecule has 7 nitrogen and oxygen atoms in total. The number of methoxy groups -OCH3 is 1. The molecule has 2 aliphatic heterocycles.